The first-order chi connectivity index (χ1) is 10.9. The van der Waals surface area contributed by atoms with Crippen molar-refractivity contribution < 1.29 is 14.3 Å². The highest BCUT2D eigenvalue weighted by atomic mass is 16.6. The van der Waals surface area contributed by atoms with Gasteiger partial charge in [-0.2, -0.15) is 5.10 Å². The third-order valence-electron chi connectivity index (χ3n) is 3.14. The molecule has 0 bridgehead atoms. The first kappa shape index (κ1) is 16.8. The summed E-state index contributed by atoms with van der Waals surface area (Å²) in [6, 6.07) is 9.62. The molecule has 2 aromatic rings. The second-order valence-corrected chi connectivity index (χ2v) is 5.62. The summed E-state index contributed by atoms with van der Waals surface area (Å²) >= 11 is 0. The van der Waals surface area contributed by atoms with Gasteiger partial charge in [0.15, 0.2) is 6.61 Å². The van der Waals surface area contributed by atoms with Crippen LogP contribution in [0.3, 0.4) is 0 Å². The molecule has 0 unspecified atom stereocenters. The van der Waals surface area contributed by atoms with E-state index >= 15 is 0 Å². The number of carbonyl (C=O) groups excluding carboxylic acids is 1. The van der Waals surface area contributed by atoms with Crippen LogP contribution in [-0.4, -0.2) is 28.5 Å². The Hall–Kier alpha value is -2.56. The predicted octanol–water partition coefficient (Wildman–Crippen LogP) is 3.54. The molecule has 5 heteroatoms. The van der Waals surface area contributed by atoms with E-state index in [4.69, 9.17) is 9.47 Å². The van der Waals surface area contributed by atoms with Gasteiger partial charge in [0.25, 0.3) is 0 Å². The number of rotatable bonds is 6. The van der Waals surface area contributed by atoms with Crippen LogP contribution in [0.1, 0.15) is 32.0 Å². The highest BCUT2D eigenvalue weighted by Crippen LogP contribution is 2.30. The van der Waals surface area contributed by atoms with E-state index in [1.54, 1.807) is 18.5 Å². The number of para-hydroxylation sites is 1. The maximum atomic E-state index is 11.8. The number of nitrogens with zero attached hydrogens (tertiary/aromatic N) is 2. The Balaban J connectivity index is 2.35. The van der Waals surface area contributed by atoms with Gasteiger partial charge < -0.3 is 9.47 Å². The van der Waals surface area contributed by atoms with Gasteiger partial charge in [-0.25, -0.2) is 9.48 Å². The summed E-state index contributed by atoms with van der Waals surface area (Å²) in [4.78, 5) is 11.8. The van der Waals surface area contributed by atoms with Crippen LogP contribution in [0.2, 0.25) is 0 Å². The van der Waals surface area contributed by atoms with Crippen LogP contribution in [0.4, 0.5) is 0 Å². The van der Waals surface area contributed by atoms with Crippen molar-refractivity contribution in [1.82, 2.24) is 9.78 Å². The fourth-order valence-electron chi connectivity index (χ4n) is 2.30. The summed E-state index contributed by atoms with van der Waals surface area (Å²) in [6.07, 6.45) is -0.174. The zero-order valence-electron chi connectivity index (χ0n) is 14.0. The second-order valence-electron chi connectivity index (χ2n) is 5.62. The molecule has 0 aliphatic carbocycles. The Kier molecular flexibility index (Phi) is 5.21. The lowest BCUT2D eigenvalue weighted by Gasteiger charge is -2.12. The van der Waals surface area contributed by atoms with Gasteiger partial charge in [0.05, 0.1) is 23.0 Å². The molecular formula is C18H22N2O3. The molecule has 0 amide bonds. The normalized spacial score (nSPS) is 10.7. The molecule has 0 spiro atoms. The Labute approximate surface area is 136 Å². The summed E-state index contributed by atoms with van der Waals surface area (Å²) in [5.41, 5.74) is 3.30. The number of carbonyl (C=O) groups is 1. The van der Waals surface area contributed by atoms with Crippen LogP contribution >= 0.6 is 0 Å². The minimum absolute atomic E-state index is 0.170. The van der Waals surface area contributed by atoms with E-state index in [2.05, 4.69) is 11.7 Å². The second kappa shape index (κ2) is 7.13. The molecule has 2 rings (SSSR count). The summed E-state index contributed by atoms with van der Waals surface area (Å²) in [5.74, 6) is 0.0908. The van der Waals surface area contributed by atoms with Crippen LogP contribution in [0.5, 0.6) is 5.88 Å². The SMILES string of the molecule is C=C(C)c1c(C)nn(-c2ccccc2)c1OCC(=O)OC(C)C. The number of benzene rings is 1. The fourth-order valence-corrected chi connectivity index (χ4v) is 2.30. The molecule has 1 aromatic carbocycles. The van der Waals surface area contributed by atoms with Gasteiger partial charge >= 0.3 is 5.97 Å². The molecule has 5 nitrogen and oxygen atoms in total. The van der Waals surface area contributed by atoms with E-state index < -0.39 is 5.97 Å². The Morgan fingerprint density at radius 1 is 1.30 bits per heavy atom. The van der Waals surface area contributed by atoms with Crippen LogP contribution in [0, 0.1) is 6.92 Å². The van der Waals surface area contributed by atoms with Crippen LogP contribution in [-0.2, 0) is 9.53 Å². The van der Waals surface area contributed by atoms with Crippen molar-refractivity contribution in [3.05, 3.63) is 48.2 Å². The summed E-state index contributed by atoms with van der Waals surface area (Å²) in [6.45, 7) is 11.2. The van der Waals surface area contributed by atoms with Crippen molar-refractivity contribution in [2.45, 2.75) is 33.8 Å². The first-order valence-electron chi connectivity index (χ1n) is 7.53. The lowest BCUT2D eigenvalue weighted by atomic mass is 10.1. The average molecular weight is 314 g/mol. The van der Waals surface area contributed by atoms with Crippen LogP contribution in [0.25, 0.3) is 11.3 Å². The summed E-state index contributed by atoms with van der Waals surface area (Å²) < 4.78 is 12.5. The van der Waals surface area contributed by atoms with Gasteiger partial charge in [-0.3, -0.25) is 0 Å². The van der Waals surface area contributed by atoms with E-state index in [-0.39, 0.29) is 12.7 Å². The third kappa shape index (κ3) is 4.00. The van der Waals surface area contributed by atoms with Crippen molar-refractivity contribution in [3.63, 3.8) is 0 Å². The molecule has 0 N–H and O–H groups in total. The van der Waals surface area contributed by atoms with Gasteiger partial charge in [-0.1, -0.05) is 24.8 Å². The van der Waals surface area contributed by atoms with E-state index in [1.165, 1.54) is 0 Å². The number of allylic oxidation sites excluding steroid dienone is 1. The van der Waals surface area contributed by atoms with Gasteiger partial charge in [0.2, 0.25) is 5.88 Å². The predicted molar refractivity (Wildman–Crippen MR) is 89.7 cm³/mol. The minimum atomic E-state index is -0.411. The Morgan fingerprint density at radius 2 is 1.96 bits per heavy atom. The number of ether oxygens (including phenoxy) is 2. The van der Waals surface area contributed by atoms with Gasteiger partial charge in [-0.05, 0) is 45.4 Å². The zero-order chi connectivity index (χ0) is 17.0. The molecular weight excluding hydrogens is 292 g/mol. The third-order valence-corrected chi connectivity index (χ3v) is 3.14. The van der Waals surface area contributed by atoms with Crippen molar-refractivity contribution >= 4 is 11.5 Å². The summed E-state index contributed by atoms with van der Waals surface area (Å²) in [7, 11) is 0. The van der Waals surface area contributed by atoms with Crippen molar-refractivity contribution in [3.8, 4) is 11.6 Å². The molecule has 0 saturated heterocycles. The molecule has 0 saturated carbocycles. The van der Waals surface area contributed by atoms with Crippen LogP contribution < -0.4 is 4.74 Å². The standard InChI is InChI=1S/C18H22N2O3/c1-12(2)17-14(5)19-20(15-9-7-6-8-10-15)18(17)22-11-16(21)23-13(3)4/h6-10,13H,1,11H2,2-5H3. The number of aryl methyl sites for hydroxylation is 1. The Bertz CT molecular complexity index is 703. The molecule has 23 heavy (non-hydrogen) atoms. The van der Waals surface area contributed by atoms with E-state index in [0.717, 1.165) is 22.5 Å². The molecule has 0 aliphatic rings. The average Bonchev–Trinajstić information content (AvgIpc) is 2.82. The maximum Gasteiger partial charge on any atom is 0.344 e. The largest absolute Gasteiger partial charge is 0.465 e. The number of aromatic nitrogens is 2. The van der Waals surface area contributed by atoms with Gasteiger partial charge in [0.1, 0.15) is 0 Å². The van der Waals surface area contributed by atoms with Crippen molar-refractivity contribution in [2.24, 2.45) is 0 Å². The van der Waals surface area contributed by atoms with Crippen molar-refractivity contribution in [2.75, 3.05) is 6.61 Å². The smallest absolute Gasteiger partial charge is 0.344 e. The first-order valence-corrected chi connectivity index (χ1v) is 7.53. The highest BCUT2D eigenvalue weighted by Gasteiger charge is 2.20. The lowest BCUT2D eigenvalue weighted by Crippen LogP contribution is -2.20. The number of hydrogen-bond acceptors (Lipinski definition) is 4. The summed E-state index contributed by atoms with van der Waals surface area (Å²) in [5, 5.41) is 4.52. The number of hydrogen-bond donors (Lipinski definition) is 0. The Morgan fingerprint density at radius 3 is 2.52 bits per heavy atom. The molecule has 122 valence electrons. The van der Waals surface area contributed by atoms with Gasteiger partial charge in [-0.15, -0.1) is 0 Å². The molecule has 0 radical (unpaired) electrons. The van der Waals surface area contributed by atoms with Crippen LogP contribution in [0.15, 0.2) is 36.9 Å². The van der Waals surface area contributed by atoms with E-state index in [0.29, 0.717) is 5.88 Å². The molecule has 0 atom stereocenters. The highest BCUT2D eigenvalue weighted by molar-refractivity contribution is 5.73. The van der Waals surface area contributed by atoms with Gasteiger partial charge in [0, 0.05) is 0 Å². The quantitative estimate of drug-likeness (QED) is 0.765. The molecule has 1 aromatic heterocycles. The van der Waals surface area contributed by atoms with Crippen molar-refractivity contribution in [1.29, 1.82) is 0 Å². The van der Waals surface area contributed by atoms with E-state index in [1.807, 2.05) is 44.2 Å². The molecule has 0 aliphatic heterocycles. The zero-order valence-corrected chi connectivity index (χ0v) is 14.0. The van der Waals surface area contributed by atoms with E-state index in [9.17, 15) is 4.79 Å². The monoisotopic (exact) mass is 314 g/mol. The maximum absolute atomic E-state index is 11.8. The topological polar surface area (TPSA) is 53.4 Å². The fraction of sp³-hybridized carbons (Fsp3) is 0.333. The number of esters is 1. The molecule has 0 fully saturated rings. The lowest BCUT2D eigenvalue weighted by molar-refractivity contribution is -0.149. The molecule has 1 heterocycles. The minimum Gasteiger partial charge on any atom is -0.465 e.